The predicted octanol–water partition coefficient (Wildman–Crippen LogP) is -0.00980. The summed E-state index contributed by atoms with van der Waals surface area (Å²) in [5, 5.41) is 10.3. The molecule has 0 radical (unpaired) electrons. The van der Waals surface area contributed by atoms with E-state index in [-0.39, 0.29) is 12.5 Å². The number of β-amino-alcohol motifs (C(OH)–C–C–N with tert-alkyl or cyclic N) is 1. The van der Waals surface area contributed by atoms with Gasteiger partial charge in [-0.1, -0.05) is 0 Å². The zero-order valence-corrected chi connectivity index (χ0v) is 11.3. The number of nitrogens with zero attached hydrogens (tertiary/aromatic N) is 3. The summed E-state index contributed by atoms with van der Waals surface area (Å²) in [5.74, 6) is -0.770. The summed E-state index contributed by atoms with van der Waals surface area (Å²) in [7, 11) is 3.64. The minimum Gasteiger partial charge on any atom is -0.387 e. The average Bonchev–Trinajstić information content (AvgIpc) is 2.53. The van der Waals surface area contributed by atoms with E-state index in [0.29, 0.717) is 17.7 Å². The van der Waals surface area contributed by atoms with Crippen LogP contribution in [-0.4, -0.2) is 64.5 Å². The fourth-order valence-electron chi connectivity index (χ4n) is 2.35. The molecule has 0 aromatic carbocycles. The zero-order chi connectivity index (χ0) is 14.2. The third-order valence-electron chi connectivity index (χ3n) is 2.93. The van der Waals surface area contributed by atoms with Crippen molar-refractivity contribution in [1.29, 1.82) is 0 Å². The lowest BCUT2D eigenvalue weighted by molar-refractivity contribution is 0.00473. The van der Waals surface area contributed by atoms with E-state index in [1.807, 2.05) is 14.1 Å². The molecule has 1 atom stereocenters. The predicted molar refractivity (Wildman–Crippen MR) is 68.8 cm³/mol. The van der Waals surface area contributed by atoms with Crippen LogP contribution in [0.25, 0.3) is 0 Å². The van der Waals surface area contributed by atoms with E-state index in [9.17, 15) is 14.7 Å². The Labute approximate surface area is 111 Å². The van der Waals surface area contributed by atoms with Crippen LogP contribution in [0.5, 0.6) is 0 Å². The molecule has 1 N–H and O–H groups in total. The molecule has 2 rings (SSSR count). The molecule has 0 saturated heterocycles. The Hall–Kier alpha value is -1.79. The topological polar surface area (TPSA) is 73.7 Å². The van der Waals surface area contributed by atoms with E-state index in [0.717, 1.165) is 4.90 Å². The molecule has 102 valence electrons. The average molecular weight is 263 g/mol. The van der Waals surface area contributed by atoms with Gasteiger partial charge < -0.3 is 10.0 Å². The van der Waals surface area contributed by atoms with Crippen molar-refractivity contribution in [2.24, 2.45) is 0 Å². The Morgan fingerprint density at radius 1 is 1.32 bits per heavy atom. The summed E-state index contributed by atoms with van der Waals surface area (Å²) in [6, 6.07) is 1.52. The van der Waals surface area contributed by atoms with Crippen molar-refractivity contribution in [2.45, 2.75) is 12.5 Å². The van der Waals surface area contributed by atoms with Gasteiger partial charge in [-0.25, -0.2) is 0 Å². The third-order valence-corrected chi connectivity index (χ3v) is 2.93. The number of aliphatic hydroxyl groups is 1. The largest absolute Gasteiger partial charge is 0.387 e. The Kier molecular flexibility index (Phi) is 3.38. The molecule has 0 aliphatic carbocycles. The van der Waals surface area contributed by atoms with Crippen molar-refractivity contribution in [3.05, 3.63) is 29.6 Å². The van der Waals surface area contributed by atoms with Crippen LogP contribution in [0.3, 0.4) is 0 Å². The third kappa shape index (κ3) is 2.64. The molecule has 6 nitrogen and oxygen atoms in total. The first-order valence-corrected chi connectivity index (χ1v) is 5.99. The maximum absolute atomic E-state index is 12.1. The number of imide groups is 1. The van der Waals surface area contributed by atoms with Gasteiger partial charge in [0.05, 0.1) is 23.3 Å². The number of hydrogen-bond acceptors (Lipinski definition) is 5. The van der Waals surface area contributed by atoms with Crippen molar-refractivity contribution in [2.75, 3.05) is 27.2 Å². The molecule has 0 spiro atoms. The Morgan fingerprint density at radius 3 is 2.53 bits per heavy atom. The molecule has 2 amide bonds. The maximum atomic E-state index is 12.1. The molecule has 6 heteroatoms. The van der Waals surface area contributed by atoms with E-state index in [2.05, 4.69) is 4.98 Å². The zero-order valence-electron chi connectivity index (χ0n) is 11.3. The standard InChI is InChI=1S/C13H17N3O3/c1-13(19,7-15(2)3)8-16-11(17)9-4-5-14-6-10(9)12(16)18/h4-6,19H,7-8H2,1-3H3. The summed E-state index contributed by atoms with van der Waals surface area (Å²) in [5.41, 5.74) is -0.501. The lowest BCUT2D eigenvalue weighted by Crippen LogP contribution is -2.49. The molecule has 2 heterocycles. The van der Waals surface area contributed by atoms with Crippen LogP contribution in [0.4, 0.5) is 0 Å². The Bertz CT molecular complexity index is 491. The van der Waals surface area contributed by atoms with Crippen molar-refractivity contribution >= 4 is 11.8 Å². The van der Waals surface area contributed by atoms with Crippen LogP contribution in [0, 0.1) is 0 Å². The second kappa shape index (κ2) is 4.71. The van der Waals surface area contributed by atoms with Gasteiger partial charge in [0, 0.05) is 18.9 Å². The molecule has 1 aromatic rings. The fraction of sp³-hybridized carbons (Fsp3) is 0.462. The number of pyridine rings is 1. The Morgan fingerprint density at radius 2 is 1.95 bits per heavy atom. The molecule has 1 unspecified atom stereocenters. The first-order chi connectivity index (χ1) is 8.82. The van der Waals surface area contributed by atoms with E-state index >= 15 is 0 Å². The van der Waals surface area contributed by atoms with E-state index < -0.39 is 11.5 Å². The van der Waals surface area contributed by atoms with Gasteiger partial charge in [-0.15, -0.1) is 0 Å². The quantitative estimate of drug-likeness (QED) is 0.773. The van der Waals surface area contributed by atoms with Gasteiger partial charge in [0.25, 0.3) is 11.8 Å². The summed E-state index contributed by atoms with van der Waals surface area (Å²) >= 11 is 0. The fourth-order valence-corrected chi connectivity index (χ4v) is 2.35. The molecule has 19 heavy (non-hydrogen) atoms. The maximum Gasteiger partial charge on any atom is 0.263 e. The minimum atomic E-state index is -1.15. The number of aromatic nitrogens is 1. The van der Waals surface area contributed by atoms with Crippen molar-refractivity contribution in [3.8, 4) is 0 Å². The van der Waals surface area contributed by atoms with Crippen LogP contribution < -0.4 is 0 Å². The normalized spacial score (nSPS) is 17.8. The van der Waals surface area contributed by atoms with Crippen LogP contribution in [0.2, 0.25) is 0 Å². The second-order valence-electron chi connectivity index (χ2n) is 5.35. The SMILES string of the molecule is CN(C)CC(C)(O)CN1C(=O)c2ccncc2C1=O. The molecule has 0 bridgehead atoms. The van der Waals surface area contributed by atoms with Gasteiger partial charge in [-0.3, -0.25) is 19.5 Å². The van der Waals surface area contributed by atoms with Crippen LogP contribution in [-0.2, 0) is 0 Å². The molecule has 1 aromatic heterocycles. The number of carbonyl (C=O) groups is 2. The van der Waals surface area contributed by atoms with Gasteiger partial charge in [0.2, 0.25) is 0 Å². The van der Waals surface area contributed by atoms with Gasteiger partial charge in [-0.2, -0.15) is 0 Å². The number of hydrogen-bond donors (Lipinski definition) is 1. The summed E-state index contributed by atoms with van der Waals surface area (Å²) in [6.45, 7) is 1.94. The van der Waals surface area contributed by atoms with E-state index in [1.165, 1.54) is 18.5 Å². The molecule has 0 saturated carbocycles. The second-order valence-corrected chi connectivity index (χ2v) is 5.35. The highest BCUT2D eigenvalue weighted by Crippen LogP contribution is 2.23. The molecule has 0 fully saturated rings. The molecule has 1 aliphatic rings. The number of likely N-dealkylation sites (N-methyl/N-ethyl adjacent to an activating group) is 1. The smallest absolute Gasteiger partial charge is 0.263 e. The van der Waals surface area contributed by atoms with Crippen LogP contribution in [0.1, 0.15) is 27.6 Å². The van der Waals surface area contributed by atoms with E-state index in [4.69, 9.17) is 0 Å². The lowest BCUT2D eigenvalue weighted by atomic mass is 10.1. The highest BCUT2D eigenvalue weighted by Gasteiger charge is 2.39. The molecular weight excluding hydrogens is 246 g/mol. The van der Waals surface area contributed by atoms with Gasteiger partial charge >= 0.3 is 0 Å². The Balaban J connectivity index is 2.21. The minimum absolute atomic E-state index is 0.0302. The number of rotatable bonds is 4. The number of amides is 2. The monoisotopic (exact) mass is 263 g/mol. The highest BCUT2D eigenvalue weighted by molar-refractivity contribution is 6.21. The van der Waals surface area contributed by atoms with Crippen molar-refractivity contribution < 1.29 is 14.7 Å². The summed E-state index contributed by atoms with van der Waals surface area (Å²) in [4.78, 5) is 31.0. The molecular formula is C13H17N3O3. The lowest BCUT2D eigenvalue weighted by Gasteiger charge is -2.30. The van der Waals surface area contributed by atoms with Crippen LogP contribution in [0.15, 0.2) is 18.5 Å². The number of carbonyl (C=O) groups excluding carboxylic acids is 2. The van der Waals surface area contributed by atoms with Gasteiger partial charge in [0.15, 0.2) is 0 Å². The summed E-state index contributed by atoms with van der Waals surface area (Å²) in [6.07, 6.45) is 2.86. The first-order valence-electron chi connectivity index (χ1n) is 5.99. The highest BCUT2D eigenvalue weighted by atomic mass is 16.3. The van der Waals surface area contributed by atoms with Gasteiger partial charge in [-0.05, 0) is 27.1 Å². The first kappa shape index (κ1) is 13.6. The molecule has 1 aliphatic heterocycles. The van der Waals surface area contributed by atoms with Gasteiger partial charge in [0.1, 0.15) is 0 Å². The summed E-state index contributed by atoms with van der Waals surface area (Å²) < 4.78 is 0. The van der Waals surface area contributed by atoms with Crippen LogP contribution >= 0.6 is 0 Å². The van der Waals surface area contributed by atoms with E-state index in [1.54, 1.807) is 11.8 Å². The van der Waals surface area contributed by atoms with Crippen molar-refractivity contribution in [3.63, 3.8) is 0 Å². The number of fused-ring (bicyclic) bond motifs is 1. The van der Waals surface area contributed by atoms with Crippen molar-refractivity contribution in [1.82, 2.24) is 14.8 Å².